The maximum absolute atomic E-state index is 13.6. The molecule has 0 aliphatic carbocycles. The van der Waals surface area contributed by atoms with E-state index in [9.17, 15) is 9.18 Å². The molecule has 5 nitrogen and oxygen atoms in total. The Labute approximate surface area is 132 Å². The van der Waals surface area contributed by atoms with Crippen molar-refractivity contribution in [3.8, 4) is 5.75 Å². The molecule has 0 bridgehead atoms. The zero-order chi connectivity index (χ0) is 16.4. The summed E-state index contributed by atoms with van der Waals surface area (Å²) in [5, 5.41) is 7.92. The van der Waals surface area contributed by atoms with E-state index >= 15 is 0 Å². The Morgan fingerprint density at radius 3 is 2.74 bits per heavy atom. The minimum absolute atomic E-state index is 0.162. The smallest absolute Gasteiger partial charge is 0.279 e. The van der Waals surface area contributed by atoms with Crippen LogP contribution in [0, 0.1) is 5.82 Å². The molecule has 0 atom stereocenters. The summed E-state index contributed by atoms with van der Waals surface area (Å²) in [4.78, 5) is 13.7. The predicted molar refractivity (Wildman–Crippen MR) is 86.9 cm³/mol. The first kappa shape index (κ1) is 14.9. The first-order valence-corrected chi connectivity index (χ1v) is 6.94. The highest BCUT2D eigenvalue weighted by molar-refractivity contribution is 6.54. The average Bonchev–Trinajstić information content (AvgIpc) is 2.80. The number of amides is 1. The highest BCUT2D eigenvalue weighted by atomic mass is 19.1. The average molecular weight is 311 g/mol. The van der Waals surface area contributed by atoms with Gasteiger partial charge in [-0.2, -0.15) is 5.10 Å². The fourth-order valence-corrected chi connectivity index (χ4v) is 2.36. The van der Waals surface area contributed by atoms with E-state index in [0.29, 0.717) is 5.56 Å². The number of hydrogen-bond donors (Lipinski definition) is 0. The fourth-order valence-electron chi connectivity index (χ4n) is 2.36. The number of benzene rings is 2. The quantitative estimate of drug-likeness (QED) is 0.646. The van der Waals surface area contributed by atoms with Gasteiger partial charge in [0.15, 0.2) is 17.3 Å². The molecule has 0 saturated carbocycles. The normalized spacial score (nSPS) is 15.5. The number of carbonyl (C=O) groups is 1. The molecule has 0 spiro atoms. The zero-order valence-electron chi connectivity index (χ0n) is 12.7. The van der Waals surface area contributed by atoms with E-state index in [1.54, 1.807) is 13.1 Å². The van der Waals surface area contributed by atoms with Gasteiger partial charge < -0.3 is 9.64 Å². The second kappa shape index (κ2) is 6.00. The molecular weight excluding hydrogens is 297 g/mol. The number of halogens is 1. The Morgan fingerprint density at radius 1 is 1.22 bits per heavy atom. The maximum atomic E-state index is 13.6. The monoisotopic (exact) mass is 311 g/mol. The van der Waals surface area contributed by atoms with Gasteiger partial charge in [-0.05, 0) is 29.8 Å². The lowest BCUT2D eigenvalue weighted by Gasteiger charge is -2.07. The molecular formula is C17H14FN3O2. The van der Waals surface area contributed by atoms with Crippen LogP contribution >= 0.6 is 0 Å². The summed E-state index contributed by atoms with van der Waals surface area (Å²) in [5.74, 6) is -0.537. The summed E-state index contributed by atoms with van der Waals surface area (Å²) in [7, 11) is 3.09. The molecule has 0 N–H and O–H groups in total. The van der Waals surface area contributed by atoms with E-state index in [-0.39, 0.29) is 17.4 Å². The number of anilines is 1. The maximum Gasteiger partial charge on any atom is 0.279 e. The molecule has 1 amide bonds. The molecule has 23 heavy (non-hydrogen) atoms. The summed E-state index contributed by atoms with van der Waals surface area (Å²) in [6.45, 7) is 0. The van der Waals surface area contributed by atoms with Gasteiger partial charge in [-0.15, -0.1) is 5.10 Å². The van der Waals surface area contributed by atoms with Gasteiger partial charge in [-0.1, -0.05) is 18.2 Å². The Balaban J connectivity index is 1.88. The van der Waals surface area contributed by atoms with Crippen LogP contribution in [-0.2, 0) is 4.79 Å². The Bertz CT molecular complexity index is 830. The zero-order valence-corrected chi connectivity index (χ0v) is 12.7. The van der Waals surface area contributed by atoms with E-state index in [1.807, 2.05) is 24.3 Å². The molecule has 3 rings (SSSR count). The summed E-state index contributed by atoms with van der Waals surface area (Å²) < 4.78 is 18.5. The van der Waals surface area contributed by atoms with Gasteiger partial charge in [0.2, 0.25) is 0 Å². The largest absolute Gasteiger partial charge is 0.494 e. The molecule has 2 aromatic carbocycles. The van der Waals surface area contributed by atoms with Gasteiger partial charge >= 0.3 is 0 Å². The lowest BCUT2D eigenvalue weighted by Crippen LogP contribution is -2.25. The number of ether oxygens (including phenoxy) is 1. The minimum atomic E-state index is -0.480. The van der Waals surface area contributed by atoms with Crippen molar-refractivity contribution >= 4 is 23.5 Å². The molecule has 0 radical (unpaired) electrons. The molecule has 0 unspecified atom stereocenters. The van der Waals surface area contributed by atoms with E-state index in [2.05, 4.69) is 10.2 Å². The summed E-state index contributed by atoms with van der Waals surface area (Å²) in [6, 6.07) is 11.8. The topological polar surface area (TPSA) is 54.3 Å². The van der Waals surface area contributed by atoms with Gasteiger partial charge in [0, 0.05) is 12.6 Å². The van der Waals surface area contributed by atoms with Crippen LogP contribution in [0.25, 0.3) is 0 Å². The van der Waals surface area contributed by atoms with Crippen LogP contribution in [0.5, 0.6) is 5.75 Å². The molecule has 1 aliphatic rings. The molecule has 2 aromatic rings. The highest BCUT2D eigenvalue weighted by Crippen LogP contribution is 2.27. The van der Waals surface area contributed by atoms with E-state index in [4.69, 9.17) is 4.74 Å². The van der Waals surface area contributed by atoms with Crippen molar-refractivity contribution < 1.29 is 13.9 Å². The Kier molecular flexibility index (Phi) is 3.89. The van der Waals surface area contributed by atoms with Gasteiger partial charge in [0.25, 0.3) is 5.91 Å². The number of likely N-dealkylation sites (N-methyl/N-ethyl adjacent to an activating group) is 1. The molecule has 116 valence electrons. The van der Waals surface area contributed by atoms with Crippen LogP contribution in [-0.4, -0.2) is 32.0 Å². The Hall–Kier alpha value is -3.02. The predicted octanol–water partition coefficient (Wildman–Crippen LogP) is 2.63. The third-order valence-electron chi connectivity index (χ3n) is 3.57. The standard InChI is InChI=1S/C17H14FN3O2/c1-21-14-6-4-3-5-12(14)16(17(21)22)20-19-10-11-7-8-15(23-2)13(18)9-11/h3-10H,1-2H3/b19-10-,20-16-. The van der Waals surface area contributed by atoms with Crippen LogP contribution in [0.3, 0.4) is 0 Å². The van der Waals surface area contributed by atoms with Crippen LogP contribution in [0.2, 0.25) is 0 Å². The SMILES string of the molecule is COc1ccc(/C=N\N=C2/C(=O)N(C)c3ccccc32)cc1F. The van der Waals surface area contributed by atoms with Gasteiger partial charge in [-0.25, -0.2) is 4.39 Å². The molecule has 6 heteroatoms. The minimum Gasteiger partial charge on any atom is -0.494 e. The first-order valence-electron chi connectivity index (χ1n) is 6.94. The van der Waals surface area contributed by atoms with E-state index < -0.39 is 5.82 Å². The molecule has 1 heterocycles. The van der Waals surface area contributed by atoms with Crippen LogP contribution in [0.15, 0.2) is 52.7 Å². The second-order valence-corrected chi connectivity index (χ2v) is 4.97. The lowest BCUT2D eigenvalue weighted by molar-refractivity contribution is -0.111. The van der Waals surface area contributed by atoms with Crippen molar-refractivity contribution in [2.75, 3.05) is 19.1 Å². The number of rotatable bonds is 3. The highest BCUT2D eigenvalue weighted by Gasteiger charge is 2.30. The van der Waals surface area contributed by atoms with Crippen molar-refractivity contribution in [2.45, 2.75) is 0 Å². The number of nitrogens with zero attached hydrogens (tertiary/aromatic N) is 3. The van der Waals surface area contributed by atoms with Crippen LogP contribution in [0.4, 0.5) is 10.1 Å². The number of methoxy groups -OCH3 is 1. The molecule has 1 aliphatic heterocycles. The first-order chi connectivity index (χ1) is 11.1. The van der Waals surface area contributed by atoms with Crippen molar-refractivity contribution in [3.05, 3.63) is 59.4 Å². The molecule has 0 saturated heterocycles. The summed E-state index contributed by atoms with van der Waals surface area (Å²) in [6.07, 6.45) is 1.39. The van der Waals surface area contributed by atoms with Gasteiger partial charge in [0.05, 0.1) is 19.0 Å². The number of hydrogen-bond acceptors (Lipinski definition) is 4. The lowest BCUT2D eigenvalue weighted by atomic mass is 10.1. The van der Waals surface area contributed by atoms with E-state index in [1.165, 1.54) is 30.4 Å². The number of fused-ring (bicyclic) bond motifs is 1. The van der Waals surface area contributed by atoms with E-state index in [0.717, 1.165) is 11.3 Å². The second-order valence-electron chi connectivity index (χ2n) is 4.97. The molecule has 0 fully saturated rings. The van der Waals surface area contributed by atoms with Crippen molar-refractivity contribution in [1.82, 2.24) is 0 Å². The number of para-hydroxylation sites is 1. The summed E-state index contributed by atoms with van der Waals surface area (Å²) in [5.41, 5.74) is 2.33. The van der Waals surface area contributed by atoms with Crippen LogP contribution in [0.1, 0.15) is 11.1 Å². The van der Waals surface area contributed by atoms with Crippen molar-refractivity contribution in [1.29, 1.82) is 0 Å². The summed E-state index contributed by atoms with van der Waals surface area (Å²) >= 11 is 0. The van der Waals surface area contributed by atoms with Crippen molar-refractivity contribution in [2.24, 2.45) is 10.2 Å². The van der Waals surface area contributed by atoms with Crippen molar-refractivity contribution in [3.63, 3.8) is 0 Å². The fraction of sp³-hybridized carbons (Fsp3) is 0.118. The van der Waals surface area contributed by atoms with Gasteiger partial charge in [0.1, 0.15) is 0 Å². The third kappa shape index (κ3) is 2.70. The Morgan fingerprint density at radius 2 is 2.00 bits per heavy atom. The van der Waals surface area contributed by atoms with Gasteiger partial charge in [-0.3, -0.25) is 4.79 Å². The van der Waals surface area contributed by atoms with Crippen LogP contribution < -0.4 is 9.64 Å². The molecule has 0 aromatic heterocycles. The third-order valence-corrected chi connectivity index (χ3v) is 3.57. The number of carbonyl (C=O) groups excluding carboxylic acids is 1.